The number of hydrogen-bond donors (Lipinski definition) is 1. The van der Waals surface area contributed by atoms with E-state index < -0.39 is 0 Å². The first kappa shape index (κ1) is 9.30. The fraction of sp³-hybridized carbons (Fsp3) is 0.600. The minimum atomic E-state index is 0.644. The lowest BCUT2D eigenvalue weighted by molar-refractivity contribution is 0.666. The van der Waals surface area contributed by atoms with Crippen molar-refractivity contribution in [3.8, 4) is 0 Å². The van der Waals surface area contributed by atoms with Gasteiger partial charge in [0, 0.05) is 17.0 Å². The number of rotatable bonds is 2. The van der Waals surface area contributed by atoms with Gasteiger partial charge in [-0.05, 0) is 32.2 Å². The molecule has 2 heterocycles. The summed E-state index contributed by atoms with van der Waals surface area (Å²) in [5, 5.41) is 8.41. The van der Waals surface area contributed by atoms with Crippen molar-refractivity contribution < 1.29 is 0 Å². The van der Waals surface area contributed by atoms with Gasteiger partial charge in [-0.2, -0.15) is 0 Å². The van der Waals surface area contributed by atoms with Crippen molar-refractivity contribution in [3.63, 3.8) is 0 Å². The van der Waals surface area contributed by atoms with Gasteiger partial charge in [-0.15, -0.1) is 10.2 Å². The second-order valence-corrected chi connectivity index (χ2v) is 5.01. The summed E-state index contributed by atoms with van der Waals surface area (Å²) in [4.78, 5) is 2.55. The van der Waals surface area contributed by atoms with Crippen molar-refractivity contribution in [2.24, 2.45) is 5.73 Å². The number of aromatic nitrogens is 3. The summed E-state index contributed by atoms with van der Waals surface area (Å²) >= 11 is 1.79. The fourth-order valence-electron chi connectivity index (χ4n) is 2.25. The summed E-state index contributed by atoms with van der Waals surface area (Å²) in [6, 6.07) is 0. The Hall–Kier alpha value is -0.940. The Balaban J connectivity index is 2.18. The zero-order valence-corrected chi connectivity index (χ0v) is 9.39. The van der Waals surface area contributed by atoms with Gasteiger partial charge in [-0.1, -0.05) is 11.3 Å². The molecule has 0 saturated heterocycles. The van der Waals surface area contributed by atoms with E-state index in [2.05, 4.69) is 14.6 Å². The highest BCUT2D eigenvalue weighted by atomic mass is 32.1. The van der Waals surface area contributed by atoms with E-state index in [1.165, 1.54) is 36.3 Å². The summed E-state index contributed by atoms with van der Waals surface area (Å²) < 4.78 is 2.23. The topological polar surface area (TPSA) is 56.2 Å². The number of nitrogens with two attached hydrogens (primary N) is 1. The van der Waals surface area contributed by atoms with Crippen molar-refractivity contribution in [1.29, 1.82) is 0 Å². The van der Waals surface area contributed by atoms with Crippen molar-refractivity contribution >= 4 is 16.3 Å². The van der Waals surface area contributed by atoms with Crippen molar-refractivity contribution in [1.82, 2.24) is 14.6 Å². The zero-order chi connectivity index (χ0) is 10.3. The molecule has 1 aliphatic rings. The van der Waals surface area contributed by atoms with Gasteiger partial charge in [0.2, 0.25) is 4.96 Å². The first-order valence-corrected chi connectivity index (χ1v) is 6.26. The number of nitrogens with zero attached hydrogens (tertiary/aromatic N) is 3. The summed E-state index contributed by atoms with van der Waals surface area (Å²) in [6.45, 7) is 0.644. The number of hydrogen-bond acceptors (Lipinski definition) is 4. The summed E-state index contributed by atoms with van der Waals surface area (Å²) in [6.07, 6.45) is 5.82. The predicted molar refractivity (Wildman–Crippen MR) is 60.3 cm³/mol. The van der Waals surface area contributed by atoms with E-state index in [-0.39, 0.29) is 0 Å². The van der Waals surface area contributed by atoms with Gasteiger partial charge >= 0.3 is 0 Å². The lowest BCUT2D eigenvalue weighted by Crippen LogP contribution is -2.09. The second kappa shape index (κ2) is 3.57. The van der Waals surface area contributed by atoms with E-state index in [1.807, 2.05) is 0 Å². The maximum absolute atomic E-state index is 5.58. The lowest BCUT2D eigenvalue weighted by atomic mass is 10.0. The Labute approximate surface area is 92.1 Å². The normalized spacial score (nSPS) is 15.8. The monoisotopic (exact) mass is 222 g/mol. The molecule has 0 spiro atoms. The maximum Gasteiger partial charge on any atom is 0.216 e. The fourth-order valence-corrected chi connectivity index (χ4v) is 3.41. The molecule has 0 unspecified atom stereocenters. The Kier molecular flexibility index (Phi) is 2.21. The van der Waals surface area contributed by atoms with Crippen LogP contribution in [-0.2, 0) is 19.3 Å². The van der Waals surface area contributed by atoms with Gasteiger partial charge in [0.1, 0.15) is 5.82 Å². The van der Waals surface area contributed by atoms with E-state index in [0.717, 1.165) is 17.2 Å². The standard InChI is InChI=1S/C10H14N4S/c11-6-5-9-12-13-10-14(9)7-3-1-2-4-8(7)15-10/h1-6,11H2. The van der Waals surface area contributed by atoms with E-state index in [4.69, 9.17) is 5.73 Å². The van der Waals surface area contributed by atoms with Gasteiger partial charge in [0.25, 0.3) is 0 Å². The Morgan fingerprint density at radius 3 is 3.00 bits per heavy atom. The van der Waals surface area contributed by atoms with Crippen LogP contribution in [0.25, 0.3) is 4.96 Å². The molecule has 0 aromatic carbocycles. The van der Waals surface area contributed by atoms with E-state index >= 15 is 0 Å². The summed E-state index contributed by atoms with van der Waals surface area (Å²) in [5.41, 5.74) is 7.02. The van der Waals surface area contributed by atoms with Gasteiger partial charge in [0.15, 0.2) is 0 Å². The first-order chi connectivity index (χ1) is 7.40. The van der Waals surface area contributed by atoms with E-state index in [0.29, 0.717) is 6.54 Å². The molecule has 0 aliphatic heterocycles. The SMILES string of the molecule is NCCc1nnc2sc3c(n12)CCCC3. The van der Waals surface area contributed by atoms with Crippen LogP contribution in [-0.4, -0.2) is 21.1 Å². The predicted octanol–water partition coefficient (Wildman–Crippen LogP) is 1.17. The molecule has 0 fully saturated rings. The molecule has 0 bridgehead atoms. The van der Waals surface area contributed by atoms with Crippen molar-refractivity contribution in [2.45, 2.75) is 32.1 Å². The highest BCUT2D eigenvalue weighted by molar-refractivity contribution is 7.17. The molecule has 2 N–H and O–H groups in total. The molecule has 1 aliphatic carbocycles. The number of thiazole rings is 1. The number of fused-ring (bicyclic) bond motifs is 3. The zero-order valence-electron chi connectivity index (χ0n) is 8.57. The van der Waals surface area contributed by atoms with Crippen molar-refractivity contribution in [2.75, 3.05) is 6.54 Å². The van der Waals surface area contributed by atoms with E-state index in [1.54, 1.807) is 11.3 Å². The second-order valence-electron chi connectivity index (χ2n) is 3.95. The molecule has 0 saturated carbocycles. The minimum absolute atomic E-state index is 0.644. The van der Waals surface area contributed by atoms with Gasteiger partial charge in [0.05, 0.1) is 0 Å². The van der Waals surface area contributed by atoms with Crippen LogP contribution in [0.15, 0.2) is 0 Å². The Bertz CT molecular complexity index is 485. The van der Waals surface area contributed by atoms with Crippen LogP contribution >= 0.6 is 11.3 Å². The average molecular weight is 222 g/mol. The number of aryl methyl sites for hydroxylation is 2. The van der Waals surface area contributed by atoms with Crippen LogP contribution in [0.1, 0.15) is 29.2 Å². The van der Waals surface area contributed by atoms with Gasteiger partial charge in [-0.25, -0.2) is 0 Å². The Morgan fingerprint density at radius 2 is 2.13 bits per heavy atom. The summed E-state index contributed by atoms with van der Waals surface area (Å²) in [5.74, 6) is 1.03. The molecule has 0 radical (unpaired) electrons. The summed E-state index contributed by atoms with van der Waals surface area (Å²) in [7, 11) is 0. The molecular weight excluding hydrogens is 208 g/mol. The van der Waals surface area contributed by atoms with Gasteiger partial charge < -0.3 is 5.73 Å². The minimum Gasteiger partial charge on any atom is -0.330 e. The molecule has 4 nitrogen and oxygen atoms in total. The molecule has 0 amide bonds. The third-order valence-corrected chi connectivity index (χ3v) is 4.07. The van der Waals surface area contributed by atoms with Crippen LogP contribution in [0.4, 0.5) is 0 Å². The highest BCUT2D eigenvalue weighted by Crippen LogP contribution is 2.29. The quantitative estimate of drug-likeness (QED) is 0.830. The molecular formula is C10H14N4S. The first-order valence-electron chi connectivity index (χ1n) is 5.45. The highest BCUT2D eigenvalue weighted by Gasteiger charge is 2.19. The van der Waals surface area contributed by atoms with Crippen LogP contribution in [0.5, 0.6) is 0 Å². The third-order valence-electron chi connectivity index (χ3n) is 2.94. The van der Waals surface area contributed by atoms with Crippen LogP contribution in [0, 0.1) is 0 Å². The Morgan fingerprint density at radius 1 is 1.27 bits per heavy atom. The molecule has 2 aromatic rings. The maximum atomic E-state index is 5.58. The van der Waals surface area contributed by atoms with Crippen LogP contribution in [0.2, 0.25) is 0 Å². The molecule has 5 heteroatoms. The lowest BCUT2D eigenvalue weighted by Gasteiger charge is -2.10. The smallest absolute Gasteiger partial charge is 0.216 e. The average Bonchev–Trinajstić information content (AvgIpc) is 2.78. The van der Waals surface area contributed by atoms with Gasteiger partial charge in [-0.3, -0.25) is 4.40 Å². The van der Waals surface area contributed by atoms with Crippen molar-refractivity contribution in [3.05, 3.63) is 16.4 Å². The molecule has 15 heavy (non-hydrogen) atoms. The van der Waals surface area contributed by atoms with E-state index in [9.17, 15) is 0 Å². The molecule has 2 aromatic heterocycles. The molecule has 0 atom stereocenters. The molecule has 80 valence electrons. The largest absolute Gasteiger partial charge is 0.330 e. The van der Waals surface area contributed by atoms with Crippen LogP contribution < -0.4 is 5.73 Å². The third kappa shape index (κ3) is 1.38. The van der Waals surface area contributed by atoms with Crippen LogP contribution in [0.3, 0.4) is 0 Å². The molecule has 3 rings (SSSR count).